The van der Waals surface area contributed by atoms with Crippen molar-refractivity contribution in [1.82, 2.24) is 20.6 Å². The standard InChI is InChI=1S/C10H13N5O2/c11-8-5-12-7(4-13-8)10(17)14-3-6-1-2-9(16)15-6/h4-6H,1-3H2,(H2,11,13)(H,14,17)(H,15,16). The molecule has 0 aromatic carbocycles. The average molecular weight is 235 g/mol. The molecule has 1 fully saturated rings. The van der Waals surface area contributed by atoms with E-state index in [0.717, 1.165) is 6.42 Å². The Kier molecular flexibility index (Phi) is 3.17. The van der Waals surface area contributed by atoms with Gasteiger partial charge in [0.05, 0.1) is 12.4 Å². The van der Waals surface area contributed by atoms with Gasteiger partial charge in [-0.1, -0.05) is 0 Å². The molecule has 1 aliphatic heterocycles. The SMILES string of the molecule is Nc1cnc(C(=O)NCC2CCC(=O)N2)cn1. The number of nitrogens with zero attached hydrogens (tertiary/aromatic N) is 2. The van der Waals surface area contributed by atoms with E-state index in [1.54, 1.807) is 0 Å². The first-order valence-corrected chi connectivity index (χ1v) is 5.30. The quantitative estimate of drug-likeness (QED) is 0.626. The fourth-order valence-corrected chi connectivity index (χ4v) is 1.59. The van der Waals surface area contributed by atoms with E-state index < -0.39 is 0 Å². The number of rotatable bonds is 3. The van der Waals surface area contributed by atoms with Gasteiger partial charge in [-0.05, 0) is 6.42 Å². The van der Waals surface area contributed by atoms with Gasteiger partial charge in [0.15, 0.2) is 0 Å². The van der Waals surface area contributed by atoms with Crippen LogP contribution in [0.5, 0.6) is 0 Å². The maximum Gasteiger partial charge on any atom is 0.271 e. The smallest absolute Gasteiger partial charge is 0.271 e. The predicted molar refractivity (Wildman–Crippen MR) is 59.9 cm³/mol. The van der Waals surface area contributed by atoms with Crippen molar-refractivity contribution in [3.05, 3.63) is 18.1 Å². The summed E-state index contributed by atoms with van der Waals surface area (Å²) in [6.45, 7) is 0.399. The lowest BCUT2D eigenvalue weighted by Gasteiger charge is -2.10. The van der Waals surface area contributed by atoms with E-state index >= 15 is 0 Å². The van der Waals surface area contributed by atoms with Gasteiger partial charge in [-0.2, -0.15) is 0 Å². The summed E-state index contributed by atoms with van der Waals surface area (Å²) < 4.78 is 0. The first-order valence-electron chi connectivity index (χ1n) is 5.30. The molecule has 0 saturated carbocycles. The van der Waals surface area contributed by atoms with Gasteiger partial charge in [0.1, 0.15) is 11.5 Å². The maximum absolute atomic E-state index is 11.6. The van der Waals surface area contributed by atoms with Crippen LogP contribution < -0.4 is 16.4 Å². The largest absolute Gasteiger partial charge is 0.382 e. The van der Waals surface area contributed by atoms with Crippen LogP contribution in [0.25, 0.3) is 0 Å². The van der Waals surface area contributed by atoms with E-state index in [4.69, 9.17) is 5.73 Å². The molecule has 2 amide bonds. The first kappa shape index (κ1) is 11.3. The molecule has 2 rings (SSSR count). The zero-order chi connectivity index (χ0) is 12.3. The number of anilines is 1. The summed E-state index contributed by atoms with van der Waals surface area (Å²) in [5.74, 6) is -0.0280. The summed E-state index contributed by atoms with van der Waals surface area (Å²) in [5.41, 5.74) is 5.57. The molecular weight excluding hydrogens is 222 g/mol. The van der Waals surface area contributed by atoms with Gasteiger partial charge >= 0.3 is 0 Å². The third kappa shape index (κ3) is 2.90. The number of nitrogens with two attached hydrogens (primary N) is 1. The zero-order valence-corrected chi connectivity index (χ0v) is 9.14. The fraction of sp³-hybridized carbons (Fsp3) is 0.400. The highest BCUT2D eigenvalue weighted by atomic mass is 16.2. The zero-order valence-electron chi connectivity index (χ0n) is 9.14. The molecule has 17 heavy (non-hydrogen) atoms. The molecule has 1 saturated heterocycles. The number of nitrogen functional groups attached to an aromatic ring is 1. The highest BCUT2D eigenvalue weighted by Crippen LogP contribution is 2.05. The summed E-state index contributed by atoms with van der Waals surface area (Å²) in [6.07, 6.45) is 3.90. The second kappa shape index (κ2) is 4.77. The Morgan fingerprint density at radius 2 is 2.35 bits per heavy atom. The Hall–Kier alpha value is -2.18. The highest BCUT2D eigenvalue weighted by Gasteiger charge is 2.21. The summed E-state index contributed by atoms with van der Waals surface area (Å²) in [4.78, 5) is 30.2. The first-order chi connectivity index (χ1) is 8.15. The van der Waals surface area contributed by atoms with Crippen LogP contribution in [0.2, 0.25) is 0 Å². The van der Waals surface area contributed by atoms with Crippen LogP contribution in [-0.4, -0.2) is 34.4 Å². The number of amides is 2. The number of carbonyl (C=O) groups is 2. The fourth-order valence-electron chi connectivity index (χ4n) is 1.59. The van der Waals surface area contributed by atoms with Crippen molar-refractivity contribution in [1.29, 1.82) is 0 Å². The Morgan fingerprint density at radius 1 is 1.53 bits per heavy atom. The van der Waals surface area contributed by atoms with Crippen LogP contribution in [0.1, 0.15) is 23.3 Å². The van der Waals surface area contributed by atoms with E-state index in [-0.39, 0.29) is 29.4 Å². The Labute approximate surface area is 97.8 Å². The maximum atomic E-state index is 11.6. The van der Waals surface area contributed by atoms with Gasteiger partial charge in [0.25, 0.3) is 5.91 Å². The molecule has 90 valence electrons. The Morgan fingerprint density at radius 3 is 2.94 bits per heavy atom. The number of aromatic nitrogens is 2. The monoisotopic (exact) mass is 235 g/mol. The van der Waals surface area contributed by atoms with Crippen molar-refractivity contribution in [2.75, 3.05) is 12.3 Å². The molecule has 1 unspecified atom stereocenters. The predicted octanol–water partition coefficient (Wildman–Crippen LogP) is -0.933. The van der Waals surface area contributed by atoms with Crippen LogP contribution >= 0.6 is 0 Å². The minimum atomic E-state index is -0.321. The van der Waals surface area contributed by atoms with Gasteiger partial charge in [-0.15, -0.1) is 0 Å². The summed E-state index contributed by atoms with van der Waals surface area (Å²) in [6, 6.07) is 0.00758. The van der Waals surface area contributed by atoms with Crippen LogP contribution in [0.3, 0.4) is 0 Å². The Bertz CT molecular complexity index is 431. The average Bonchev–Trinajstić information content (AvgIpc) is 2.73. The number of hydrogen-bond acceptors (Lipinski definition) is 5. The van der Waals surface area contributed by atoms with E-state index in [9.17, 15) is 9.59 Å². The molecule has 1 aromatic heterocycles. The van der Waals surface area contributed by atoms with E-state index in [1.165, 1.54) is 12.4 Å². The molecule has 4 N–H and O–H groups in total. The summed E-state index contributed by atoms with van der Waals surface area (Å²) >= 11 is 0. The topological polar surface area (TPSA) is 110 Å². The second-order valence-corrected chi connectivity index (χ2v) is 3.84. The van der Waals surface area contributed by atoms with Crippen molar-refractivity contribution in [3.8, 4) is 0 Å². The number of hydrogen-bond donors (Lipinski definition) is 3. The van der Waals surface area contributed by atoms with Crippen LogP contribution in [-0.2, 0) is 4.79 Å². The van der Waals surface area contributed by atoms with E-state index in [2.05, 4.69) is 20.6 Å². The van der Waals surface area contributed by atoms with Gasteiger partial charge < -0.3 is 16.4 Å². The van der Waals surface area contributed by atoms with Crippen molar-refractivity contribution < 1.29 is 9.59 Å². The minimum Gasteiger partial charge on any atom is -0.382 e. The molecule has 0 radical (unpaired) electrons. The highest BCUT2D eigenvalue weighted by molar-refractivity contribution is 5.92. The summed E-state index contributed by atoms with van der Waals surface area (Å²) in [5, 5.41) is 5.44. The van der Waals surface area contributed by atoms with Gasteiger partial charge in [0.2, 0.25) is 5.91 Å². The number of nitrogens with one attached hydrogen (secondary N) is 2. The van der Waals surface area contributed by atoms with Crippen molar-refractivity contribution in [2.24, 2.45) is 0 Å². The van der Waals surface area contributed by atoms with Gasteiger partial charge in [0, 0.05) is 19.0 Å². The lowest BCUT2D eigenvalue weighted by molar-refractivity contribution is -0.119. The molecule has 2 heterocycles. The Balaban J connectivity index is 1.85. The summed E-state index contributed by atoms with van der Waals surface area (Å²) in [7, 11) is 0. The molecule has 0 aliphatic carbocycles. The molecule has 1 aromatic rings. The minimum absolute atomic E-state index is 0.00758. The molecule has 0 spiro atoms. The molecule has 7 heteroatoms. The van der Waals surface area contributed by atoms with E-state index in [0.29, 0.717) is 13.0 Å². The van der Waals surface area contributed by atoms with Crippen molar-refractivity contribution in [3.63, 3.8) is 0 Å². The van der Waals surface area contributed by atoms with Gasteiger partial charge in [-0.25, -0.2) is 9.97 Å². The van der Waals surface area contributed by atoms with Crippen LogP contribution in [0.15, 0.2) is 12.4 Å². The third-order valence-corrected chi connectivity index (χ3v) is 2.50. The molecule has 1 atom stereocenters. The molecule has 1 aliphatic rings. The molecular formula is C10H13N5O2. The van der Waals surface area contributed by atoms with Gasteiger partial charge in [-0.3, -0.25) is 9.59 Å². The second-order valence-electron chi connectivity index (χ2n) is 3.84. The van der Waals surface area contributed by atoms with Crippen LogP contribution in [0, 0.1) is 0 Å². The lowest BCUT2D eigenvalue weighted by Crippen LogP contribution is -2.38. The van der Waals surface area contributed by atoms with Crippen molar-refractivity contribution >= 4 is 17.6 Å². The number of carbonyl (C=O) groups excluding carboxylic acids is 2. The third-order valence-electron chi connectivity index (χ3n) is 2.50. The molecule has 7 nitrogen and oxygen atoms in total. The lowest BCUT2D eigenvalue weighted by atomic mass is 10.2. The molecule has 0 bridgehead atoms. The van der Waals surface area contributed by atoms with Crippen molar-refractivity contribution in [2.45, 2.75) is 18.9 Å². The normalized spacial score (nSPS) is 18.8. The van der Waals surface area contributed by atoms with Crippen LogP contribution in [0.4, 0.5) is 5.82 Å². The van der Waals surface area contributed by atoms with E-state index in [1.807, 2.05) is 0 Å².